The smallest absolute Gasteiger partial charge is 0.325 e. The first kappa shape index (κ1) is 21.6. The highest BCUT2D eigenvalue weighted by Gasteiger charge is 2.40. The molecule has 0 aromatic carbocycles. The number of unbranched alkanes of at least 4 members (excludes halogenated alkanes) is 3. The van der Waals surface area contributed by atoms with Gasteiger partial charge in [-0.15, -0.1) is 0 Å². The van der Waals surface area contributed by atoms with Gasteiger partial charge in [0.15, 0.2) is 0 Å². The van der Waals surface area contributed by atoms with Gasteiger partial charge in [-0.3, -0.25) is 9.36 Å². The summed E-state index contributed by atoms with van der Waals surface area (Å²) in [5.41, 5.74) is -0.735. The average molecular weight is 336 g/mol. The zero-order valence-electron chi connectivity index (χ0n) is 14.3. The average Bonchev–Trinajstić information content (AvgIpc) is 2.46. The van der Waals surface area contributed by atoms with Crippen molar-refractivity contribution in [3.63, 3.8) is 0 Å². The van der Waals surface area contributed by atoms with Crippen molar-refractivity contribution in [3.05, 3.63) is 0 Å². The van der Waals surface area contributed by atoms with Crippen LogP contribution in [0, 0.1) is 5.41 Å². The van der Waals surface area contributed by atoms with E-state index in [1.54, 1.807) is 0 Å². The summed E-state index contributed by atoms with van der Waals surface area (Å²) in [5, 5.41) is 0. The van der Waals surface area contributed by atoms with Crippen LogP contribution in [0.2, 0.25) is 0 Å². The molecule has 132 valence electrons. The molecule has 0 rings (SSSR count). The van der Waals surface area contributed by atoms with E-state index in [0.717, 1.165) is 38.5 Å². The third-order valence-electron chi connectivity index (χ3n) is 4.06. The highest BCUT2D eigenvalue weighted by atomic mass is 31.2. The molecule has 2 N–H and O–H groups in total. The molecule has 5 nitrogen and oxygen atoms in total. The lowest BCUT2D eigenvalue weighted by atomic mass is 9.76. The Kier molecular flexibility index (Phi) is 11.0. The summed E-state index contributed by atoms with van der Waals surface area (Å²) in [7, 11) is -4.11. The second-order valence-corrected chi connectivity index (χ2v) is 7.89. The van der Waals surface area contributed by atoms with Crippen LogP contribution in [-0.4, -0.2) is 28.5 Å². The Labute approximate surface area is 135 Å². The van der Waals surface area contributed by atoms with Gasteiger partial charge in [0.05, 0.1) is 18.2 Å². The SMILES string of the molecule is CCCCOC(=O)C(CCCC)(CCCC)CCP(=O)(O)O. The van der Waals surface area contributed by atoms with Gasteiger partial charge in [-0.1, -0.05) is 52.9 Å². The topological polar surface area (TPSA) is 83.8 Å². The Morgan fingerprint density at radius 3 is 1.86 bits per heavy atom. The fourth-order valence-electron chi connectivity index (χ4n) is 2.53. The zero-order valence-corrected chi connectivity index (χ0v) is 15.2. The van der Waals surface area contributed by atoms with Crippen molar-refractivity contribution in [1.29, 1.82) is 0 Å². The van der Waals surface area contributed by atoms with Gasteiger partial charge in [-0.05, 0) is 25.7 Å². The minimum atomic E-state index is -4.11. The van der Waals surface area contributed by atoms with Gasteiger partial charge in [0.25, 0.3) is 0 Å². The minimum Gasteiger partial charge on any atom is -0.465 e. The Bertz CT molecular complexity index is 342. The van der Waals surface area contributed by atoms with Gasteiger partial charge in [0, 0.05) is 0 Å². The van der Waals surface area contributed by atoms with E-state index in [1.807, 2.05) is 6.92 Å². The molecular formula is C16H33O5P. The summed E-state index contributed by atoms with van der Waals surface area (Å²) in [6.45, 7) is 6.53. The van der Waals surface area contributed by atoms with Gasteiger partial charge in [-0.2, -0.15) is 0 Å². The van der Waals surface area contributed by atoms with E-state index in [9.17, 15) is 19.1 Å². The molecule has 0 unspecified atom stereocenters. The van der Waals surface area contributed by atoms with Crippen LogP contribution in [0.5, 0.6) is 0 Å². The number of hydrogen-bond acceptors (Lipinski definition) is 3. The second kappa shape index (κ2) is 11.2. The van der Waals surface area contributed by atoms with Gasteiger partial charge in [-0.25, -0.2) is 0 Å². The normalized spacial score (nSPS) is 12.4. The molecule has 0 spiro atoms. The Morgan fingerprint density at radius 1 is 0.955 bits per heavy atom. The van der Waals surface area contributed by atoms with Crippen LogP contribution in [0.4, 0.5) is 0 Å². The van der Waals surface area contributed by atoms with Gasteiger partial charge < -0.3 is 14.5 Å². The Morgan fingerprint density at radius 2 is 1.45 bits per heavy atom. The number of esters is 1. The van der Waals surface area contributed by atoms with E-state index >= 15 is 0 Å². The first-order chi connectivity index (χ1) is 10.3. The summed E-state index contributed by atoms with van der Waals surface area (Å²) < 4.78 is 16.7. The van der Waals surface area contributed by atoms with Crippen molar-refractivity contribution in [3.8, 4) is 0 Å². The molecule has 0 aliphatic heterocycles. The molecule has 0 bridgehead atoms. The number of hydrogen-bond donors (Lipinski definition) is 2. The number of carbonyl (C=O) groups excluding carboxylic acids is 1. The molecule has 0 heterocycles. The number of ether oxygens (including phenoxy) is 1. The Balaban J connectivity index is 5.05. The fourth-order valence-corrected chi connectivity index (χ4v) is 3.25. The van der Waals surface area contributed by atoms with Crippen LogP contribution in [0.1, 0.15) is 78.6 Å². The lowest BCUT2D eigenvalue weighted by Crippen LogP contribution is -2.34. The highest BCUT2D eigenvalue weighted by molar-refractivity contribution is 7.51. The van der Waals surface area contributed by atoms with Gasteiger partial charge in [0.2, 0.25) is 0 Å². The van der Waals surface area contributed by atoms with Crippen molar-refractivity contribution in [2.75, 3.05) is 12.8 Å². The molecule has 0 saturated heterocycles. The predicted octanol–water partition coefficient (Wildman–Crippen LogP) is 4.26. The third-order valence-corrected chi connectivity index (χ3v) is 4.87. The molecule has 0 fully saturated rings. The van der Waals surface area contributed by atoms with Crippen LogP contribution in [0.25, 0.3) is 0 Å². The first-order valence-electron chi connectivity index (χ1n) is 8.53. The minimum absolute atomic E-state index is 0.211. The monoisotopic (exact) mass is 336 g/mol. The van der Waals surface area contributed by atoms with Crippen LogP contribution >= 0.6 is 7.60 Å². The van der Waals surface area contributed by atoms with E-state index < -0.39 is 13.0 Å². The second-order valence-electron chi connectivity index (χ2n) is 6.12. The molecule has 0 aliphatic carbocycles. The molecule has 0 aromatic heterocycles. The van der Waals surface area contributed by atoms with Crippen LogP contribution < -0.4 is 0 Å². The van der Waals surface area contributed by atoms with Crippen molar-refractivity contribution in [2.24, 2.45) is 5.41 Å². The van der Waals surface area contributed by atoms with Crippen LogP contribution in [0.3, 0.4) is 0 Å². The quantitative estimate of drug-likeness (QED) is 0.298. The molecule has 6 heteroatoms. The van der Waals surface area contributed by atoms with Crippen molar-refractivity contribution >= 4 is 13.6 Å². The summed E-state index contributed by atoms with van der Waals surface area (Å²) in [6.07, 6.45) is 6.67. The van der Waals surface area contributed by atoms with Crippen molar-refractivity contribution in [2.45, 2.75) is 78.6 Å². The molecule has 0 atom stereocenters. The largest absolute Gasteiger partial charge is 0.465 e. The van der Waals surface area contributed by atoms with Gasteiger partial charge >= 0.3 is 13.6 Å². The third kappa shape index (κ3) is 8.92. The first-order valence-corrected chi connectivity index (χ1v) is 10.3. The van der Waals surface area contributed by atoms with Crippen LogP contribution in [0.15, 0.2) is 0 Å². The van der Waals surface area contributed by atoms with E-state index in [2.05, 4.69) is 13.8 Å². The van der Waals surface area contributed by atoms with E-state index in [0.29, 0.717) is 19.4 Å². The van der Waals surface area contributed by atoms with E-state index in [-0.39, 0.29) is 18.6 Å². The molecule has 22 heavy (non-hydrogen) atoms. The maximum atomic E-state index is 12.6. The summed E-state index contributed by atoms with van der Waals surface area (Å²) >= 11 is 0. The summed E-state index contributed by atoms with van der Waals surface area (Å²) in [5.74, 6) is -0.267. The number of carbonyl (C=O) groups is 1. The molecule has 0 amide bonds. The fraction of sp³-hybridized carbons (Fsp3) is 0.938. The standard InChI is InChI=1S/C16H33O5P/c1-4-7-10-16(11-8-5-2,12-14-22(18,19)20)15(17)21-13-9-6-3/h4-14H2,1-3H3,(H2,18,19,20). The highest BCUT2D eigenvalue weighted by Crippen LogP contribution is 2.44. The maximum absolute atomic E-state index is 12.6. The predicted molar refractivity (Wildman–Crippen MR) is 88.9 cm³/mol. The lowest BCUT2D eigenvalue weighted by Gasteiger charge is -2.32. The Hall–Kier alpha value is -0.380. The molecule has 0 aliphatic rings. The van der Waals surface area contributed by atoms with Crippen molar-refractivity contribution in [1.82, 2.24) is 0 Å². The molecule has 0 aromatic rings. The number of rotatable bonds is 13. The molecular weight excluding hydrogens is 303 g/mol. The summed E-state index contributed by atoms with van der Waals surface area (Å²) in [6, 6.07) is 0. The van der Waals surface area contributed by atoms with Crippen LogP contribution in [-0.2, 0) is 14.1 Å². The van der Waals surface area contributed by atoms with Gasteiger partial charge in [0.1, 0.15) is 0 Å². The van der Waals surface area contributed by atoms with E-state index in [1.165, 1.54) is 0 Å². The summed E-state index contributed by atoms with van der Waals surface area (Å²) in [4.78, 5) is 31.0. The molecule has 0 saturated carbocycles. The lowest BCUT2D eigenvalue weighted by molar-refractivity contribution is -0.157. The molecule has 0 radical (unpaired) electrons. The van der Waals surface area contributed by atoms with E-state index in [4.69, 9.17) is 4.74 Å². The zero-order chi connectivity index (χ0) is 17.1. The van der Waals surface area contributed by atoms with Crippen molar-refractivity contribution < 1.29 is 23.9 Å². The maximum Gasteiger partial charge on any atom is 0.325 e.